The van der Waals surface area contributed by atoms with E-state index in [1.807, 2.05) is 12.1 Å². The van der Waals surface area contributed by atoms with E-state index in [1.165, 1.54) is 23.9 Å². The number of thioether (sulfide) groups is 1. The third-order valence-electron chi connectivity index (χ3n) is 4.06. The first-order valence-corrected chi connectivity index (χ1v) is 10.5. The molecule has 0 saturated heterocycles. The van der Waals surface area contributed by atoms with E-state index in [4.69, 9.17) is 20.5 Å². The van der Waals surface area contributed by atoms with Gasteiger partial charge in [-0.2, -0.15) is 4.98 Å². The summed E-state index contributed by atoms with van der Waals surface area (Å²) in [6, 6.07) is 13.1. The van der Waals surface area contributed by atoms with Crippen molar-refractivity contribution in [2.45, 2.75) is 23.8 Å². The summed E-state index contributed by atoms with van der Waals surface area (Å²) in [5.41, 5.74) is 0.782. The molecule has 0 fully saturated rings. The average molecular weight is 460 g/mol. The number of carbonyl (C=O) groups excluding carboxylic acids is 1. The first-order chi connectivity index (χ1) is 15.1. The van der Waals surface area contributed by atoms with Crippen LogP contribution in [0.2, 0.25) is 5.02 Å². The minimum atomic E-state index is -0.494. The summed E-state index contributed by atoms with van der Waals surface area (Å²) < 4.78 is 24.3. The molecule has 31 heavy (non-hydrogen) atoms. The lowest BCUT2D eigenvalue weighted by molar-refractivity contribution is -0.116. The largest absolute Gasteiger partial charge is 0.411 e. The highest BCUT2D eigenvalue weighted by Gasteiger charge is 2.14. The molecular weight excluding hydrogens is 445 g/mol. The van der Waals surface area contributed by atoms with E-state index < -0.39 is 5.82 Å². The zero-order valence-electron chi connectivity index (χ0n) is 15.9. The van der Waals surface area contributed by atoms with Crippen LogP contribution in [0.25, 0.3) is 11.5 Å². The molecule has 2 aromatic heterocycles. The van der Waals surface area contributed by atoms with Crippen molar-refractivity contribution in [1.29, 1.82) is 0 Å². The number of anilines is 1. The van der Waals surface area contributed by atoms with Crippen LogP contribution >= 0.6 is 23.4 Å². The fourth-order valence-electron chi connectivity index (χ4n) is 2.58. The Morgan fingerprint density at radius 3 is 2.77 bits per heavy atom. The summed E-state index contributed by atoms with van der Waals surface area (Å²) in [7, 11) is 0. The van der Waals surface area contributed by atoms with E-state index in [9.17, 15) is 9.18 Å². The van der Waals surface area contributed by atoms with Crippen molar-refractivity contribution in [3.05, 3.63) is 71.1 Å². The van der Waals surface area contributed by atoms with Gasteiger partial charge in [-0.05, 0) is 24.3 Å². The summed E-state index contributed by atoms with van der Waals surface area (Å²) in [4.78, 5) is 16.2. The predicted molar refractivity (Wildman–Crippen MR) is 112 cm³/mol. The van der Waals surface area contributed by atoms with Crippen molar-refractivity contribution < 1.29 is 18.1 Å². The van der Waals surface area contributed by atoms with Gasteiger partial charge < -0.3 is 14.3 Å². The van der Waals surface area contributed by atoms with Gasteiger partial charge in [0.1, 0.15) is 5.82 Å². The molecule has 1 amide bonds. The zero-order chi connectivity index (χ0) is 21.6. The van der Waals surface area contributed by atoms with Crippen LogP contribution in [0.15, 0.2) is 62.7 Å². The van der Waals surface area contributed by atoms with Crippen molar-refractivity contribution in [1.82, 2.24) is 20.3 Å². The van der Waals surface area contributed by atoms with Crippen LogP contribution in [0.4, 0.5) is 10.1 Å². The van der Waals surface area contributed by atoms with Gasteiger partial charge in [-0.3, -0.25) is 4.79 Å². The Labute approximate surface area is 185 Å². The smallest absolute Gasteiger partial charge is 0.277 e. The topological polar surface area (TPSA) is 107 Å². The summed E-state index contributed by atoms with van der Waals surface area (Å²) in [5.74, 6) is 0.551. The van der Waals surface area contributed by atoms with Crippen molar-refractivity contribution in [2.75, 3.05) is 5.32 Å². The van der Waals surface area contributed by atoms with Crippen LogP contribution in [0.3, 0.4) is 0 Å². The summed E-state index contributed by atoms with van der Waals surface area (Å²) in [5, 5.41) is 15.2. The number of carbonyl (C=O) groups is 1. The number of hydrogen-bond acceptors (Lipinski definition) is 8. The molecule has 0 aliphatic carbocycles. The van der Waals surface area contributed by atoms with Gasteiger partial charge in [0.05, 0.1) is 22.0 Å². The molecule has 11 heteroatoms. The predicted octanol–water partition coefficient (Wildman–Crippen LogP) is 4.78. The fourth-order valence-corrected chi connectivity index (χ4v) is 3.41. The highest BCUT2D eigenvalue weighted by molar-refractivity contribution is 7.98. The number of aromatic nitrogens is 4. The van der Waals surface area contributed by atoms with Gasteiger partial charge in [0.25, 0.3) is 5.22 Å². The Hall–Kier alpha value is -3.24. The molecular formula is C20H15ClFN5O3S. The van der Waals surface area contributed by atoms with Crippen LogP contribution in [0.5, 0.6) is 0 Å². The lowest BCUT2D eigenvalue weighted by atomic mass is 10.2. The van der Waals surface area contributed by atoms with E-state index in [2.05, 4.69) is 25.7 Å². The maximum Gasteiger partial charge on any atom is 0.277 e. The van der Waals surface area contributed by atoms with Gasteiger partial charge in [0.15, 0.2) is 5.82 Å². The Kier molecular flexibility index (Phi) is 6.58. The molecule has 0 radical (unpaired) electrons. The quantitative estimate of drug-likeness (QED) is 0.375. The first kappa shape index (κ1) is 21.0. The maximum atomic E-state index is 13.6. The number of aryl methyl sites for hydroxylation is 1. The minimum absolute atomic E-state index is 0.0773. The number of rotatable bonds is 8. The zero-order valence-corrected chi connectivity index (χ0v) is 17.5. The van der Waals surface area contributed by atoms with Crippen LogP contribution < -0.4 is 5.32 Å². The van der Waals surface area contributed by atoms with E-state index in [0.29, 0.717) is 39.2 Å². The van der Waals surface area contributed by atoms with Gasteiger partial charge in [0, 0.05) is 12.8 Å². The molecule has 0 atom stereocenters. The van der Waals surface area contributed by atoms with Gasteiger partial charge in [0.2, 0.25) is 17.7 Å². The summed E-state index contributed by atoms with van der Waals surface area (Å²) in [6.45, 7) is 0. The van der Waals surface area contributed by atoms with Crippen LogP contribution in [-0.4, -0.2) is 26.2 Å². The number of nitrogens with zero attached hydrogens (tertiary/aromatic N) is 4. The normalized spacial score (nSPS) is 10.9. The third-order valence-corrected chi connectivity index (χ3v) is 5.20. The standard InChI is InChI=1S/C20H15ClFN5O3S/c21-13-6-2-1-5-12(13)19-25-26-20(29-19)31-11-16-24-18(30-27-16)10-9-17(28)23-15-8-4-3-7-14(15)22/h1-8H,9-11H2,(H,23,28). The van der Waals surface area contributed by atoms with Crippen LogP contribution in [0, 0.1) is 5.82 Å². The van der Waals surface area contributed by atoms with Crippen molar-refractivity contribution in [3.8, 4) is 11.5 Å². The lowest BCUT2D eigenvalue weighted by Crippen LogP contribution is -2.13. The Morgan fingerprint density at radius 2 is 1.94 bits per heavy atom. The number of amides is 1. The number of benzene rings is 2. The molecule has 0 aliphatic heterocycles. The molecule has 8 nitrogen and oxygen atoms in total. The molecule has 158 valence electrons. The monoisotopic (exact) mass is 459 g/mol. The van der Waals surface area contributed by atoms with E-state index >= 15 is 0 Å². The van der Waals surface area contributed by atoms with Gasteiger partial charge >= 0.3 is 0 Å². The Bertz CT molecular complexity index is 1200. The molecule has 2 aromatic carbocycles. The van der Waals surface area contributed by atoms with E-state index in [0.717, 1.165) is 0 Å². The molecule has 4 aromatic rings. The highest BCUT2D eigenvalue weighted by Crippen LogP contribution is 2.29. The van der Waals surface area contributed by atoms with Crippen LogP contribution in [-0.2, 0) is 17.0 Å². The summed E-state index contributed by atoms with van der Waals surface area (Å²) in [6.07, 6.45) is 0.309. The maximum absolute atomic E-state index is 13.6. The number of nitrogens with one attached hydrogen (secondary N) is 1. The highest BCUT2D eigenvalue weighted by atomic mass is 35.5. The first-order valence-electron chi connectivity index (χ1n) is 9.15. The second-order valence-corrected chi connectivity index (χ2v) is 7.61. The fraction of sp³-hybridized carbons (Fsp3) is 0.150. The molecule has 0 unspecified atom stereocenters. The van der Waals surface area contributed by atoms with Gasteiger partial charge in [-0.25, -0.2) is 4.39 Å². The molecule has 1 N–H and O–H groups in total. The third kappa shape index (κ3) is 5.47. The van der Waals surface area contributed by atoms with Crippen molar-refractivity contribution >= 4 is 35.0 Å². The molecule has 0 spiro atoms. The number of para-hydroxylation sites is 1. The van der Waals surface area contributed by atoms with E-state index in [1.54, 1.807) is 24.3 Å². The lowest BCUT2D eigenvalue weighted by Gasteiger charge is -2.04. The second kappa shape index (κ2) is 9.71. The average Bonchev–Trinajstić information content (AvgIpc) is 3.42. The van der Waals surface area contributed by atoms with Gasteiger partial charge in [-0.15, -0.1) is 10.2 Å². The minimum Gasteiger partial charge on any atom is -0.411 e. The molecule has 2 heterocycles. The second-order valence-electron chi connectivity index (χ2n) is 6.27. The SMILES string of the molecule is O=C(CCc1nc(CSc2nnc(-c3ccccc3Cl)o2)no1)Nc1ccccc1F. The van der Waals surface area contributed by atoms with Gasteiger partial charge in [-0.1, -0.05) is 52.8 Å². The molecule has 4 rings (SSSR count). The number of hydrogen-bond donors (Lipinski definition) is 1. The van der Waals surface area contributed by atoms with Crippen molar-refractivity contribution in [3.63, 3.8) is 0 Å². The molecule has 0 bridgehead atoms. The molecule has 0 saturated carbocycles. The number of halogens is 2. The van der Waals surface area contributed by atoms with E-state index in [-0.39, 0.29) is 24.4 Å². The Morgan fingerprint density at radius 1 is 1.13 bits per heavy atom. The van der Waals surface area contributed by atoms with Crippen molar-refractivity contribution in [2.24, 2.45) is 0 Å². The molecule has 0 aliphatic rings. The van der Waals surface area contributed by atoms with Crippen LogP contribution in [0.1, 0.15) is 18.1 Å². The summed E-state index contributed by atoms with van der Waals surface area (Å²) >= 11 is 7.38. The Balaban J connectivity index is 1.27.